The topological polar surface area (TPSA) is 61.0 Å². The molecule has 0 amide bonds. The lowest BCUT2D eigenvalue weighted by molar-refractivity contribution is 1.35. The minimum absolute atomic E-state index is 0. The molecule has 0 atom stereocenters. The number of rotatable bonds is 0. The number of hydrogen-bond donors (Lipinski definition) is 2. The summed E-state index contributed by atoms with van der Waals surface area (Å²) in [6.45, 7) is 4.09. The molecule has 0 spiro atoms. The Kier molecular flexibility index (Phi) is 5.86. The van der Waals surface area contributed by atoms with Crippen molar-refractivity contribution >= 4 is 18.1 Å². The standard InChI is InChI=1S/C8H11N.ClH.H3N/c1-6-4-3-5-8(9)7(6)2;;/h3-5H,9H2,1-2H3;1H;1H3. The molecule has 0 aromatic heterocycles. The number of anilines is 1. The molecule has 0 saturated carbocycles. The Morgan fingerprint density at radius 2 is 1.73 bits per heavy atom. The van der Waals surface area contributed by atoms with E-state index in [0.717, 1.165) is 5.69 Å². The van der Waals surface area contributed by atoms with Gasteiger partial charge in [-0.2, -0.15) is 0 Å². The largest absolute Gasteiger partial charge is 0.399 e. The summed E-state index contributed by atoms with van der Waals surface area (Å²) in [5.41, 5.74) is 8.96. The maximum absolute atomic E-state index is 5.62. The molecule has 0 aliphatic carbocycles. The minimum Gasteiger partial charge on any atom is -0.399 e. The van der Waals surface area contributed by atoms with E-state index in [1.54, 1.807) is 0 Å². The van der Waals surface area contributed by atoms with Crippen molar-refractivity contribution in [1.29, 1.82) is 0 Å². The van der Waals surface area contributed by atoms with Gasteiger partial charge in [0, 0.05) is 5.69 Å². The van der Waals surface area contributed by atoms with Crippen LogP contribution in [0, 0.1) is 13.8 Å². The van der Waals surface area contributed by atoms with E-state index in [9.17, 15) is 0 Å². The maximum Gasteiger partial charge on any atom is 0.0346 e. The Labute approximate surface area is 73.8 Å². The third kappa shape index (κ3) is 2.78. The highest BCUT2D eigenvalue weighted by atomic mass is 35.5. The third-order valence-corrected chi connectivity index (χ3v) is 1.65. The third-order valence-electron chi connectivity index (χ3n) is 1.65. The summed E-state index contributed by atoms with van der Waals surface area (Å²) in [7, 11) is 0. The van der Waals surface area contributed by atoms with E-state index >= 15 is 0 Å². The van der Waals surface area contributed by atoms with Crippen LogP contribution in [0.15, 0.2) is 18.2 Å². The first-order valence-corrected chi connectivity index (χ1v) is 3.03. The first kappa shape index (κ1) is 12.9. The van der Waals surface area contributed by atoms with Gasteiger partial charge in [-0.15, -0.1) is 12.4 Å². The van der Waals surface area contributed by atoms with Crippen LogP contribution < -0.4 is 11.9 Å². The second-order valence-electron chi connectivity index (χ2n) is 2.29. The van der Waals surface area contributed by atoms with Crippen LogP contribution in [0.2, 0.25) is 0 Å². The van der Waals surface area contributed by atoms with Crippen molar-refractivity contribution < 1.29 is 0 Å². The molecule has 0 aliphatic heterocycles. The first-order valence-electron chi connectivity index (χ1n) is 3.03. The SMILES string of the molecule is Cc1cccc(N)c1C.Cl.N. The van der Waals surface area contributed by atoms with Crippen molar-refractivity contribution in [3.63, 3.8) is 0 Å². The summed E-state index contributed by atoms with van der Waals surface area (Å²) >= 11 is 0. The van der Waals surface area contributed by atoms with Crippen LogP contribution >= 0.6 is 12.4 Å². The van der Waals surface area contributed by atoms with Gasteiger partial charge in [-0.05, 0) is 31.0 Å². The second kappa shape index (κ2) is 4.99. The van der Waals surface area contributed by atoms with Gasteiger partial charge in [0.25, 0.3) is 0 Å². The average Bonchev–Trinajstić information content (AvgIpc) is 1.83. The molecule has 0 aliphatic rings. The molecule has 5 N–H and O–H groups in total. The normalized spacial score (nSPS) is 7.82. The molecule has 0 radical (unpaired) electrons. The maximum atomic E-state index is 5.62. The van der Waals surface area contributed by atoms with E-state index < -0.39 is 0 Å². The molecular weight excluding hydrogens is 160 g/mol. The summed E-state index contributed by atoms with van der Waals surface area (Å²) < 4.78 is 0. The molecule has 0 bridgehead atoms. The summed E-state index contributed by atoms with van der Waals surface area (Å²) in [5, 5.41) is 0. The zero-order chi connectivity index (χ0) is 6.85. The van der Waals surface area contributed by atoms with Crippen molar-refractivity contribution in [1.82, 2.24) is 6.15 Å². The van der Waals surface area contributed by atoms with Gasteiger partial charge in [-0.3, -0.25) is 0 Å². The van der Waals surface area contributed by atoms with Crippen molar-refractivity contribution in [3.05, 3.63) is 29.3 Å². The van der Waals surface area contributed by atoms with Gasteiger partial charge >= 0.3 is 0 Å². The lowest BCUT2D eigenvalue weighted by atomic mass is 10.1. The molecule has 0 heterocycles. The Bertz CT molecular complexity index is 203. The predicted molar refractivity (Wildman–Crippen MR) is 52.6 cm³/mol. The molecule has 64 valence electrons. The van der Waals surface area contributed by atoms with Crippen molar-refractivity contribution in [3.8, 4) is 0 Å². The zero-order valence-electron chi connectivity index (χ0n) is 6.92. The van der Waals surface area contributed by atoms with Crippen LogP contribution in [0.4, 0.5) is 5.69 Å². The smallest absolute Gasteiger partial charge is 0.0346 e. The van der Waals surface area contributed by atoms with Crippen LogP contribution in [0.1, 0.15) is 11.1 Å². The number of hydrogen-bond acceptors (Lipinski definition) is 2. The monoisotopic (exact) mass is 174 g/mol. The van der Waals surface area contributed by atoms with Crippen LogP contribution in [0.3, 0.4) is 0 Å². The summed E-state index contributed by atoms with van der Waals surface area (Å²) in [5.74, 6) is 0. The fourth-order valence-electron chi connectivity index (χ4n) is 0.774. The average molecular weight is 175 g/mol. The number of halogens is 1. The number of nitrogen functional groups attached to an aromatic ring is 1. The van der Waals surface area contributed by atoms with E-state index in [-0.39, 0.29) is 18.6 Å². The Morgan fingerprint density at radius 3 is 2.09 bits per heavy atom. The van der Waals surface area contributed by atoms with E-state index in [2.05, 4.69) is 13.0 Å². The number of nitrogens with two attached hydrogens (primary N) is 1. The summed E-state index contributed by atoms with van der Waals surface area (Å²) in [6.07, 6.45) is 0. The van der Waals surface area contributed by atoms with Gasteiger partial charge in [0.1, 0.15) is 0 Å². The first-order chi connectivity index (χ1) is 4.22. The van der Waals surface area contributed by atoms with E-state index in [4.69, 9.17) is 5.73 Å². The van der Waals surface area contributed by atoms with Gasteiger partial charge in [-0.1, -0.05) is 12.1 Å². The van der Waals surface area contributed by atoms with Gasteiger partial charge < -0.3 is 11.9 Å². The molecule has 3 heteroatoms. The van der Waals surface area contributed by atoms with Crippen molar-refractivity contribution in [2.75, 3.05) is 5.73 Å². The lowest BCUT2D eigenvalue weighted by Crippen LogP contribution is -1.90. The molecule has 0 unspecified atom stereocenters. The van der Waals surface area contributed by atoms with Gasteiger partial charge in [-0.25, -0.2) is 0 Å². The van der Waals surface area contributed by atoms with Crippen LogP contribution in [0.5, 0.6) is 0 Å². The predicted octanol–water partition coefficient (Wildman–Crippen LogP) is 2.47. The fourth-order valence-corrected chi connectivity index (χ4v) is 0.774. The molecule has 0 saturated heterocycles. The Hall–Kier alpha value is -0.730. The van der Waals surface area contributed by atoms with Gasteiger partial charge in [0.15, 0.2) is 0 Å². The molecule has 1 aromatic rings. The Balaban J connectivity index is 0. The highest BCUT2D eigenvalue weighted by Crippen LogP contribution is 2.13. The second-order valence-corrected chi connectivity index (χ2v) is 2.29. The van der Waals surface area contributed by atoms with Crippen LogP contribution in [-0.2, 0) is 0 Å². The highest BCUT2D eigenvalue weighted by molar-refractivity contribution is 5.85. The molecular formula is C8H15ClN2. The van der Waals surface area contributed by atoms with Crippen molar-refractivity contribution in [2.24, 2.45) is 0 Å². The molecule has 11 heavy (non-hydrogen) atoms. The van der Waals surface area contributed by atoms with Gasteiger partial charge in [0.2, 0.25) is 0 Å². The zero-order valence-corrected chi connectivity index (χ0v) is 7.74. The van der Waals surface area contributed by atoms with Crippen LogP contribution in [-0.4, -0.2) is 0 Å². The molecule has 1 rings (SSSR count). The van der Waals surface area contributed by atoms with E-state index in [0.29, 0.717) is 0 Å². The van der Waals surface area contributed by atoms with E-state index in [1.807, 2.05) is 19.1 Å². The molecule has 2 nitrogen and oxygen atoms in total. The van der Waals surface area contributed by atoms with Gasteiger partial charge in [0.05, 0.1) is 0 Å². The molecule has 0 fully saturated rings. The highest BCUT2D eigenvalue weighted by Gasteiger charge is 1.92. The fraction of sp³-hybridized carbons (Fsp3) is 0.250. The number of aryl methyl sites for hydroxylation is 1. The summed E-state index contributed by atoms with van der Waals surface area (Å²) in [6, 6.07) is 5.95. The summed E-state index contributed by atoms with van der Waals surface area (Å²) in [4.78, 5) is 0. The minimum atomic E-state index is 0. The lowest BCUT2D eigenvalue weighted by Gasteiger charge is -2.00. The Morgan fingerprint density at radius 1 is 1.18 bits per heavy atom. The quantitative estimate of drug-likeness (QED) is 0.594. The van der Waals surface area contributed by atoms with E-state index in [1.165, 1.54) is 11.1 Å². The van der Waals surface area contributed by atoms with Crippen LogP contribution in [0.25, 0.3) is 0 Å². The molecule has 1 aromatic carbocycles. The number of benzene rings is 1. The van der Waals surface area contributed by atoms with Crippen molar-refractivity contribution in [2.45, 2.75) is 13.8 Å².